The Balaban J connectivity index is 1.36. The highest BCUT2D eigenvalue weighted by Gasteiger charge is 2.27. The molecule has 158 valence electrons. The number of rotatable bonds is 4. The summed E-state index contributed by atoms with van der Waals surface area (Å²) in [6.07, 6.45) is 0.818. The monoisotopic (exact) mass is 437 g/mol. The molecule has 0 aliphatic carbocycles. The second kappa shape index (κ2) is 7.24. The number of carboxylic acid groups (broad SMARTS) is 1. The number of nitrogens with one attached hydrogen (secondary N) is 1. The van der Waals surface area contributed by atoms with Crippen LogP contribution in [0.15, 0.2) is 35.7 Å². The maximum atomic E-state index is 12.5. The highest BCUT2D eigenvalue weighted by Crippen LogP contribution is 2.34. The van der Waals surface area contributed by atoms with Crippen molar-refractivity contribution in [2.75, 3.05) is 30.4 Å². The first-order valence-corrected chi connectivity index (χ1v) is 10.7. The van der Waals surface area contributed by atoms with Crippen LogP contribution in [0, 0.1) is 0 Å². The number of fused-ring (bicyclic) bond motifs is 2. The SMILES string of the molecule is CN1CCc2cc(N3CCn4nc(NC(=O)c5cc(C(=O)O)cs5)cc43)ccc2C1=O. The molecule has 0 saturated carbocycles. The molecule has 31 heavy (non-hydrogen) atoms. The molecule has 2 aliphatic heterocycles. The second-order valence-corrected chi connectivity index (χ2v) is 8.45. The highest BCUT2D eigenvalue weighted by atomic mass is 32.1. The predicted octanol–water partition coefficient (Wildman–Crippen LogP) is 2.67. The summed E-state index contributed by atoms with van der Waals surface area (Å²) < 4.78 is 1.82. The lowest BCUT2D eigenvalue weighted by Gasteiger charge is -2.26. The number of aromatic carboxylic acids is 1. The van der Waals surface area contributed by atoms with Crippen molar-refractivity contribution in [3.05, 3.63) is 57.3 Å². The number of hydrogen-bond donors (Lipinski definition) is 2. The Morgan fingerprint density at radius 1 is 1.16 bits per heavy atom. The van der Waals surface area contributed by atoms with Crippen molar-refractivity contribution >= 4 is 46.4 Å². The molecule has 5 rings (SSSR count). The number of carbonyl (C=O) groups is 3. The van der Waals surface area contributed by atoms with Gasteiger partial charge in [-0.2, -0.15) is 5.10 Å². The Morgan fingerprint density at radius 3 is 2.77 bits per heavy atom. The van der Waals surface area contributed by atoms with Crippen LogP contribution in [0.2, 0.25) is 0 Å². The number of thiophene rings is 1. The van der Waals surface area contributed by atoms with Crippen molar-refractivity contribution in [1.82, 2.24) is 14.7 Å². The summed E-state index contributed by atoms with van der Waals surface area (Å²) in [4.78, 5) is 40.0. The van der Waals surface area contributed by atoms with Gasteiger partial charge in [0.05, 0.1) is 17.0 Å². The fourth-order valence-electron chi connectivity index (χ4n) is 3.92. The Labute approximate surface area is 181 Å². The third kappa shape index (κ3) is 3.34. The van der Waals surface area contributed by atoms with Gasteiger partial charge in [0.15, 0.2) is 5.82 Å². The van der Waals surface area contributed by atoms with E-state index in [9.17, 15) is 14.4 Å². The normalized spacial score (nSPS) is 15.1. The van der Waals surface area contributed by atoms with Crippen molar-refractivity contribution in [1.29, 1.82) is 0 Å². The maximum absolute atomic E-state index is 12.5. The van der Waals surface area contributed by atoms with Crippen LogP contribution < -0.4 is 10.2 Å². The van der Waals surface area contributed by atoms with Crippen molar-refractivity contribution in [3.8, 4) is 0 Å². The van der Waals surface area contributed by atoms with Gasteiger partial charge in [-0.05, 0) is 36.2 Å². The summed E-state index contributed by atoms with van der Waals surface area (Å²) >= 11 is 1.08. The van der Waals surface area contributed by atoms with Crippen LogP contribution in [0.1, 0.15) is 36.0 Å². The lowest BCUT2D eigenvalue weighted by atomic mass is 9.98. The lowest BCUT2D eigenvalue weighted by molar-refractivity contribution is 0.0696. The minimum absolute atomic E-state index is 0.0453. The molecule has 1 aromatic carbocycles. The summed E-state index contributed by atoms with van der Waals surface area (Å²) in [5.41, 5.74) is 2.86. The molecule has 2 aliphatic rings. The number of likely N-dealkylation sites (N-methyl/N-ethyl adjacent to an activating group) is 1. The molecule has 0 saturated heterocycles. The number of hydrogen-bond acceptors (Lipinski definition) is 6. The molecular weight excluding hydrogens is 418 g/mol. The average molecular weight is 437 g/mol. The van der Waals surface area contributed by atoms with Crippen molar-refractivity contribution in [2.45, 2.75) is 13.0 Å². The first-order chi connectivity index (χ1) is 14.9. The third-order valence-electron chi connectivity index (χ3n) is 5.58. The van der Waals surface area contributed by atoms with Gasteiger partial charge in [-0.25, -0.2) is 9.48 Å². The van der Waals surface area contributed by atoms with Gasteiger partial charge in [-0.3, -0.25) is 9.59 Å². The molecule has 10 heteroatoms. The van der Waals surface area contributed by atoms with Crippen molar-refractivity contribution in [3.63, 3.8) is 0 Å². The van der Waals surface area contributed by atoms with Gasteiger partial charge < -0.3 is 20.2 Å². The van der Waals surface area contributed by atoms with E-state index in [-0.39, 0.29) is 11.5 Å². The van der Waals surface area contributed by atoms with E-state index in [1.807, 2.05) is 23.9 Å². The lowest BCUT2D eigenvalue weighted by Crippen LogP contribution is -2.34. The van der Waals surface area contributed by atoms with E-state index in [1.165, 1.54) is 11.4 Å². The van der Waals surface area contributed by atoms with E-state index < -0.39 is 11.9 Å². The Morgan fingerprint density at radius 2 is 2.00 bits per heavy atom. The number of aromatic nitrogens is 2. The smallest absolute Gasteiger partial charge is 0.336 e. The maximum Gasteiger partial charge on any atom is 0.336 e. The number of benzene rings is 1. The van der Waals surface area contributed by atoms with E-state index in [1.54, 1.807) is 11.0 Å². The summed E-state index contributed by atoms with van der Waals surface area (Å²) in [5, 5.41) is 17.7. The Kier molecular flexibility index (Phi) is 4.51. The number of anilines is 3. The minimum atomic E-state index is -1.06. The fourth-order valence-corrected chi connectivity index (χ4v) is 4.70. The van der Waals surface area contributed by atoms with Gasteiger partial charge in [-0.15, -0.1) is 11.3 Å². The standard InChI is InChI=1S/C21H19N5O4S/c1-24-5-4-12-8-14(2-3-15(12)20(24)28)25-6-7-26-18(25)10-17(23-26)22-19(27)16-9-13(11-31-16)21(29)30/h2-3,8-11H,4-7H2,1H3,(H,29,30)(H,22,23,27). The molecule has 0 radical (unpaired) electrons. The molecule has 0 fully saturated rings. The molecule has 0 unspecified atom stereocenters. The molecule has 4 heterocycles. The van der Waals surface area contributed by atoms with Crippen LogP contribution in [0.4, 0.5) is 17.3 Å². The van der Waals surface area contributed by atoms with Crippen LogP contribution >= 0.6 is 11.3 Å². The molecule has 0 bridgehead atoms. The summed E-state index contributed by atoms with van der Waals surface area (Å²) in [7, 11) is 1.81. The minimum Gasteiger partial charge on any atom is -0.478 e. The largest absolute Gasteiger partial charge is 0.478 e. The molecular formula is C21H19N5O4S. The van der Waals surface area contributed by atoms with Crippen molar-refractivity contribution in [2.24, 2.45) is 0 Å². The molecule has 2 N–H and O–H groups in total. The zero-order valence-electron chi connectivity index (χ0n) is 16.7. The Bertz CT molecular complexity index is 1230. The van der Waals surface area contributed by atoms with Gasteiger partial charge in [0.25, 0.3) is 11.8 Å². The summed E-state index contributed by atoms with van der Waals surface area (Å²) in [6.45, 7) is 2.12. The highest BCUT2D eigenvalue weighted by molar-refractivity contribution is 7.12. The van der Waals surface area contributed by atoms with Crippen molar-refractivity contribution < 1.29 is 19.5 Å². The first kappa shape index (κ1) is 19.3. The fraction of sp³-hybridized carbons (Fsp3) is 0.238. The van der Waals surface area contributed by atoms with Crippen LogP contribution in [-0.4, -0.2) is 57.7 Å². The van der Waals surface area contributed by atoms with E-state index >= 15 is 0 Å². The van der Waals surface area contributed by atoms with Crippen LogP contribution in [0.3, 0.4) is 0 Å². The molecule has 2 aromatic heterocycles. The third-order valence-corrected chi connectivity index (χ3v) is 6.51. The van der Waals surface area contributed by atoms with E-state index in [0.717, 1.165) is 46.9 Å². The topological polar surface area (TPSA) is 108 Å². The predicted molar refractivity (Wildman–Crippen MR) is 116 cm³/mol. The zero-order chi connectivity index (χ0) is 21.7. The number of nitrogens with zero attached hydrogens (tertiary/aromatic N) is 4. The molecule has 9 nitrogen and oxygen atoms in total. The second-order valence-electron chi connectivity index (χ2n) is 7.54. The van der Waals surface area contributed by atoms with E-state index in [2.05, 4.69) is 21.4 Å². The number of amides is 2. The molecule has 0 spiro atoms. The summed E-state index contributed by atoms with van der Waals surface area (Å²) in [5.74, 6) is -0.150. The molecule has 3 aromatic rings. The van der Waals surface area contributed by atoms with Crippen LogP contribution in [0.25, 0.3) is 0 Å². The number of carbonyl (C=O) groups excluding carboxylic acids is 2. The number of carboxylic acids is 1. The van der Waals surface area contributed by atoms with Gasteiger partial charge in [-0.1, -0.05) is 0 Å². The van der Waals surface area contributed by atoms with Gasteiger partial charge in [0.1, 0.15) is 5.82 Å². The molecule has 0 atom stereocenters. The van der Waals surface area contributed by atoms with Crippen LogP contribution in [-0.2, 0) is 13.0 Å². The Hall–Kier alpha value is -3.66. The van der Waals surface area contributed by atoms with E-state index in [0.29, 0.717) is 23.8 Å². The molecule has 2 amide bonds. The van der Waals surface area contributed by atoms with Gasteiger partial charge in [0.2, 0.25) is 0 Å². The average Bonchev–Trinajstić information content (AvgIpc) is 3.46. The quantitative estimate of drug-likeness (QED) is 0.650. The van der Waals surface area contributed by atoms with Gasteiger partial charge in [0, 0.05) is 42.8 Å². The zero-order valence-corrected chi connectivity index (χ0v) is 17.5. The van der Waals surface area contributed by atoms with Gasteiger partial charge >= 0.3 is 5.97 Å². The van der Waals surface area contributed by atoms with Crippen LogP contribution in [0.5, 0.6) is 0 Å². The summed E-state index contributed by atoms with van der Waals surface area (Å²) in [6, 6.07) is 9.02. The first-order valence-electron chi connectivity index (χ1n) is 9.77. The van der Waals surface area contributed by atoms with E-state index in [4.69, 9.17) is 5.11 Å².